The molecule has 0 radical (unpaired) electrons. The van der Waals surface area contributed by atoms with Gasteiger partial charge in [-0.3, -0.25) is 4.79 Å². The summed E-state index contributed by atoms with van der Waals surface area (Å²) < 4.78 is 0. The number of nitrogens with two attached hydrogens (primary N) is 1. The molecular formula is C14H21N3O2. The molecule has 0 spiro atoms. The first kappa shape index (κ1) is 15.0. The maximum atomic E-state index is 12.4. The Bertz CT molecular complexity index is 452. The lowest BCUT2D eigenvalue weighted by Crippen LogP contribution is -2.42. The van der Waals surface area contributed by atoms with Crippen LogP contribution in [0.3, 0.4) is 0 Å². The second kappa shape index (κ2) is 6.78. The van der Waals surface area contributed by atoms with Crippen LogP contribution in [0.15, 0.2) is 29.4 Å². The summed E-state index contributed by atoms with van der Waals surface area (Å²) >= 11 is 0. The molecule has 0 saturated carbocycles. The minimum Gasteiger partial charge on any atom is -0.409 e. The topological polar surface area (TPSA) is 78.9 Å². The summed E-state index contributed by atoms with van der Waals surface area (Å²) in [7, 11) is 0. The van der Waals surface area contributed by atoms with Crippen molar-refractivity contribution in [3.05, 3.63) is 35.4 Å². The highest BCUT2D eigenvalue weighted by atomic mass is 16.4. The molecule has 0 saturated heterocycles. The molecule has 0 aliphatic heterocycles. The van der Waals surface area contributed by atoms with E-state index in [0.29, 0.717) is 5.56 Å². The molecule has 104 valence electrons. The molecule has 0 aromatic heterocycles. The summed E-state index contributed by atoms with van der Waals surface area (Å²) in [5, 5.41) is 11.5. The van der Waals surface area contributed by atoms with Crippen molar-refractivity contribution in [1.82, 2.24) is 4.90 Å². The van der Waals surface area contributed by atoms with Gasteiger partial charge >= 0.3 is 0 Å². The number of carbonyl (C=O) groups excluding carboxylic acids is 1. The van der Waals surface area contributed by atoms with Crippen LogP contribution < -0.4 is 5.73 Å². The number of aryl methyl sites for hydroxylation is 1. The molecular weight excluding hydrogens is 242 g/mol. The van der Waals surface area contributed by atoms with E-state index in [9.17, 15) is 4.79 Å². The van der Waals surface area contributed by atoms with Crippen molar-refractivity contribution in [2.24, 2.45) is 10.9 Å². The zero-order valence-corrected chi connectivity index (χ0v) is 11.6. The van der Waals surface area contributed by atoms with Crippen molar-refractivity contribution in [3.8, 4) is 0 Å². The largest absolute Gasteiger partial charge is 0.409 e. The van der Waals surface area contributed by atoms with Gasteiger partial charge < -0.3 is 15.8 Å². The Morgan fingerprint density at radius 1 is 1.37 bits per heavy atom. The fourth-order valence-electron chi connectivity index (χ4n) is 1.74. The zero-order chi connectivity index (χ0) is 14.4. The van der Waals surface area contributed by atoms with Gasteiger partial charge in [-0.1, -0.05) is 24.2 Å². The number of nitrogens with zero attached hydrogens (tertiary/aromatic N) is 2. The highest BCUT2D eigenvalue weighted by Crippen LogP contribution is 2.10. The molecule has 0 fully saturated rings. The summed E-state index contributed by atoms with van der Waals surface area (Å²) in [5.41, 5.74) is 7.27. The van der Waals surface area contributed by atoms with Crippen LogP contribution in [0.2, 0.25) is 0 Å². The third-order valence-corrected chi connectivity index (χ3v) is 2.95. The van der Waals surface area contributed by atoms with Crippen molar-refractivity contribution in [2.75, 3.05) is 6.54 Å². The predicted octanol–water partition coefficient (Wildman–Crippen LogP) is 1.85. The fourth-order valence-corrected chi connectivity index (χ4v) is 1.74. The van der Waals surface area contributed by atoms with Crippen molar-refractivity contribution in [1.29, 1.82) is 0 Å². The second-order valence-corrected chi connectivity index (χ2v) is 4.67. The van der Waals surface area contributed by atoms with Crippen LogP contribution in [-0.2, 0) is 6.42 Å². The number of rotatable bonds is 5. The number of hydrogen-bond acceptors (Lipinski definition) is 3. The van der Waals surface area contributed by atoms with Crippen LogP contribution in [0.5, 0.6) is 0 Å². The van der Waals surface area contributed by atoms with Crippen LogP contribution >= 0.6 is 0 Å². The molecule has 0 heterocycles. The predicted molar refractivity (Wildman–Crippen MR) is 75.4 cm³/mol. The van der Waals surface area contributed by atoms with Gasteiger partial charge in [0, 0.05) is 11.6 Å². The van der Waals surface area contributed by atoms with Gasteiger partial charge in [-0.25, -0.2) is 0 Å². The SMILES string of the molecule is CCc1ccc(C(=O)N(CC(N)=NO)C(C)C)cc1. The first-order chi connectivity index (χ1) is 8.99. The summed E-state index contributed by atoms with van der Waals surface area (Å²) in [4.78, 5) is 13.9. The fraction of sp³-hybridized carbons (Fsp3) is 0.429. The first-order valence-electron chi connectivity index (χ1n) is 6.35. The van der Waals surface area contributed by atoms with Gasteiger partial charge in [-0.2, -0.15) is 0 Å². The average molecular weight is 263 g/mol. The summed E-state index contributed by atoms with van der Waals surface area (Å²) in [6.45, 7) is 5.96. The van der Waals surface area contributed by atoms with E-state index in [1.807, 2.05) is 38.1 Å². The number of hydrogen-bond donors (Lipinski definition) is 2. The lowest BCUT2D eigenvalue weighted by atomic mass is 10.1. The maximum absolute atomic E-state index is 12.4. The quantitative estimate of drug-likeness (QED) is 0.368. The highest BCUT2D eigenvalue weighted by molar-refractivity contribution is 5.97. The van der Waals surface area contributed by atoms with Crippen LogP contribution in [-0.4, -0.2) is 34.4 Å². The summed E-state index contributed by atoms with van der Waals surface area (Å²) in [5.74, 6) is -0.100. The van der Waals surface area contributed by atoms with Crippen LogP contribution in [0, 0.1) is 0 Å². The number of benzene rings is 1. The van der Waals surface area contributed by atoms with Gasteiger partial charge in [-0.05, 0) is 38.0 Å². The van der Waals surface area contributed by atoms with E-state index in [1.165, 1.54) is 5.56 Å². The van der Waals surface area contributed by atoms with Gasteiger partial charge in [0.2, 0.25) is 0 Å². The zero-order valence-electron chi connectivity index (χ0n) is 11.6. The Labute approximate surface area is 113 Å². The van der Waals surface area contributed by atoms with Gasteiger partial charge in [0.15, 0.2) is 5.84 Å². The van der Waals surface area contributed by atoms with E-state index in [4.69, 9.17) is 10.9 Å². The molecule has 3 N–H and O–H groups in total. The lowest BCUT2D eigenvalue weighted by Gasteiger charge is -2.26. The van der Waals surface area contributed by atoms with Crippen molar-refractivity contribution in [2.45, 2.75) is 33.2 Å². The molecule has 5 nitrogen and oxygen atoms in total. The van der Waals surface area contributed by atoms with Gasteiger partial charge in [-0.15, -0.1) is 0 Å². The van der Waals surface area contributed by atoms with Crippen molar-refractivity contribution >= 4 is 11.7 Å². The Kier molecular flexibility index (Phi) is 5.36. The molecule has 0 aliphatic rings. The smallest absolute Gasteiger partial charge is 0.254 e. The lowest BCUT2D eigenvalue weighted by molar-refractivity contribution is 0.0734. The Morgan fingerprint density at radius 2 is 1.95 bits per heavy atom. The van der Waals surface area contributed by atoms with E-state index in [1.54, 1.807) is 4.90 Å². The first-order valence-corrected chi connectivity index (χ1v) is 6.35. The van der Waals surface area contributed by atoms with E-state index < -0.39 is 0 Å². The minimum absolute atomic E-state index is 0.0206. The van der Waals surface area contributed by atoms with E-state index in [2.05, 4.69) is 12.1 Å². The molecule has 19 heavy (non-hydrogen) atoms. The molecule has 0 aliphatic carbocycles. The monoisotopic (exact) mass is 263 g/mol. The molecule has 1 amide bonds. The second-order valence-electron chi connectivity index (χ2n) is 4.67. The van der Waals surface area contributed by atoms with Crippen LogP contribution in [0.25, 0.3) is 0 Å². The third-order valence-electron chi connectivity index (χ3n) is 2.95. The van der Waals surface area contributed by atoms with E-state index in [0.717, 1.165) is 6.42 Å². The van der Waals surface area contributed by atoms with E-state index >= 15 is 0 Å². The molecule has 0 atom stereocenters. The molecule has 1 rings (SSSR count). The van der Waals surface area contributed by atoms with Gasteiger partial charge in [0.05, 0.1) is 6.54 Å². The van der Waals surface area contributed by atoms with Crippen molar-refractivity contribution in [3.63, 3.8) is 0 Å². The van der Waals surface area contributed by atoms with E-state index in [-0.39, 0.29) is 24.3 Å². The number of amidine groups is 1. The van der Waals surface area contributed by atoms with Crippen molar-refractivity contribution < 1.29 is 10.0 Å². The van der Waals surface area contributed by atoms with Gasteiger partial charge in [0.1, 0.15) is 0 Å². The molecule has 1 aromatic rings. The number of oxime groups is 1. The standard InChI is InChI=1S/C14H21N3O2/c1-4-11-5-7-12(8-6-11)14(18)17(10(2)3)9-13(15)16-19/h5-8,10,19H,4,9H2,1-3H3,(H2,15,16). The van der Waals surface area contributed by atoms with Crippen LogP contribution in [0.1, 0.15) is 36.7 Å². The van der Waals surface area contributed by atoms with Gasteiger partial charge in [0.25, 0.3) is 5.91 Å². The minimum atomic E-state index is -0.121. The summed E-state index contributed by atoms with van der Waals surface area (Å²) in [6, 6.07) is 7.47. The molecule has 0 unspecified atom stereocenters. The molecule has 1 aromatic carbocycles. The molecule has 5 heteroatoms. The maximum Gasteiger partial charge on any atom is 0.254 e. The third kappa shape index (κ3) is 3.98. The normalized spacial score (nSPS) is 11.7. The Balaban J connectivity index is 2.92. The number of carbonyl (C=O) groups is 1. The highest BCUT2D eigenvalue weighted by Gasteiger charge is 2.19. The van der Waals surface area contributed by atoms with Crippen LogP contribution in [0.4, 0.5) is 0 Å². The Hall–Kier alpha value is -2.04. The summed E-state index contributed by atoms with van der Waals surface area (Å²) in [6.07, 6.45) is 0.937. The Morgan fingerprint density at radius 3 is 2.37 bits per heavy atom. The molecule has 0 bridgehead atoms. The number of amides is 1. The average Bonchev–Trinajstić information content (AvgIpc) is 2.43.